The summed E-state index contributed by atoms with van der Waals surface area (Å²) in [5, 5.41) is 5.90. The molecular formula is C13H26N2O. The Bertz CT molecular complexity index is 184. The van der Waals surface area contributed by atoms with Gasteiger partial charge in [-0.3, -0.25) is 4.79 Å². The highest BCUT2D eigenvalue weighted by Gasteiger charge is 2.10. The molecule has 0 heterocycles. The largest absolute Gasteiger partial charge is 0.358 e. The minimum Gasteiger partial charge on any atom is -0.358 e. The van der Waals surface area contributed by atoms with Crippen molar-refractivity contribution in [2.24, 2.45) is 5.92 Å². The normalized spacial score (nSPS) is 19.6. The van der Waals surface area contributed by atoms with Gasteiger partial charge in [0.1, 0.15) is 0 Å². The molecule has 2 N–H and O–H groups in total. The lowest BCUT2D eigenvalue weighted by molar-refractivity contribution is -0.119. The molecule has 0 aromatic carbocycles. The molecule has 1 aliphatic carbocycles. The highest BCUT2D eigenvalue weighted by molar-refractivity contribution is 5.77. The Balaban J connectivity index is 2.14. The molecule has 1 aliphatic rings. The molecule has 0 saturated heterocycles. The van der Waals surface area contributed by atoms with Crippen LogP contribution in [0, 0.1) is 5.92 Å². The Labute approximate surface area is 99.4 Å². The van der Waals surface area contributed by atoms with Crippen molar-refractivity contribution in [1.82, 2.24) is 10.6 Å². The van der Waals surface area contributed by atoms with Crippen LogP contribution in [-0.2, 0) is 4.79 Å². The molecule has 1 fully saturated rings. The van der Waals surface area contributed by atoms with Crippen molar-refractivity contribution in [2.75, 3.05) is 20.1 Å². The second-order valence-corrected chi connectivity index (χ2v) is 4.87. The van der Waals surface area contributed by atoms with Crippen LogP contribution in [0.4, 0.5) is 0 Å². The Morgan fingerprint density at radius 2 is 1.62 bits per heavy atom. The van der Waals surface area contributed by atoms with Crippen molar-refractivity contribution >= 4 is 5.91 Å². The summed E-state index contributed by atoms with van der Waals surface area (Å²) in [6.07, 6.45) is 11.0. The molecule has 1 rings (SSSR count). The van der Waals surface area contributed by atoms with Crippen molar-refractivity contribution in [3.05, 3.63) is 0 Å². The van der Waals surface area contributed by atoms with Crippen molar-refractivity contribution in [3.63, 3.8) is 0 Å². The van der Waals surface area contributed by atoms with Crippen LogP contribution in [0.15, 0.2) is 0 Å². The van der Waals surface area contributed by atoms with Crippen LogP contribution in [0.25, 0.3) is 0 Å². The van der Waals surface area contributed by atoms with Gasteiger partial charge in [-0.05, 0) is 25.3 Å². The van der Waals surface area contributed by atoms with Gasteiger partial charge in [0.05, 0.1) is 6.54 Å². The van der Waals surface area contributed by atoms with Gasteiger partial charge >= 0.3 is 0 Å². The molecule has 3 nitrogen and oxygen atoms in total. The van der Waals surface area contributed by atoms with E-state index in [9.17, 15) is 4.79 Å². The van der Waals surface area contributed by atoms with E-state index < -0.39 is 0 Å². The van der Waals surface area contributed by atoms with E-state index in [1.54, 1.807) is 7.05 Å². The monoisotopic (exact) mass is 226 g/mol. The zero-order valence-electron chi connectivity index (χ0n) is 10.6. The van der Waals surface area contributed by atoms with Gasteiger partial charge < -0.3 is 10.6 Å². The molecular weight excluding hydrogens is 200 g/mol. The standard InChI is InChI=1S/C13H26N2O/c1-14-13(16)11-15-10-12-8-6-4-2-3-5-7-9-12/h12,15H,2-11H2,1H3,(H,14,16). The number of nitrogens with one attached hydrogen (secondary N) is 2. The van der Waals surface area contributed by atoms with Crippen molar-refractivity contribution in [2.45, 2.75) is 51.4 Å². The molecule has 0 unspecified atom stereocenters. The summed E-state index contributed by atoms with van der Waals surface area (Å²) in [4.78, 5) is 11.1. The Morgan fingerprint density at radius 1 is 1.06 bits per heavy atom. The van der Waals surface area contributed by atoms with E-state index in [1.165, 1.54) is 51.4 Å². The van der Waals surface area contributed by atoms with Gasteiger partial charge in [0, 0.05) is 7.05 Å². The predicted octanol–water partition coefficient (Wildman–Crippen LogP) is 2.07. The highest BCUT2D eigenvalue weighted by atomic mass is 16.1. The number of carbonyl (C=O) groups excluding carboxylic acids is 1. The maximum atomic E-state index is 11.1. The maximum Gasteiger partial charge on any atom is 0.233 e. The van der Waals surface area contributed by atoms with Crippen molar-refractivity contribution < 1.29 is 4.79 Å². The molecule has 0 radical (unpaired) electrons. The lowest BCUT2D eigenvalue weighted by Gasteiger charge is -2.16. The third kappa shape index (κ3) is 6.11. The molecule has 0 bridgehead atoms. The van der Waals surface area contributed by atoms with Gasteiger partial charge in [0.25, 0.3) is 0 Å². The fourth-order valence-electron chi connectivity index (χ4n) is 2.40. The fraction of sp³-hybridized carbons (Fsp3) is 0.923. The lowest BCUT2D eigenvalue weighted by atomic mass is 9.97. The maximum absolute atomic E-state index is 11.1. The van der Waals surface area contributed by atoms with E-state index in [1.807, 2.05) is 0 Å². The Kier molecular flexibility index (Phi) is 7.23. The smallest absolute Gasteiger partial charge is 0.233 e. The highest BCUT2D eigenvalue weighted by Crippen LogP contribution is 2.21. The SMILES string of the molecule is CNC(=O)CNCC1CCCCCCCC1. The number of hydrogen-bond acceptors (Lipinski definition) is 2. The van der Waals surface area contributed by atoms with Crippen molar-refractivity contribution in [1.29, 1.82) is 0 Å². The van der Waals surface area contributed by atoms with E-state index >= 15 is 0 Å². The zero-order chi connectivity index (χ0) is 11.6. The average Bonchev–Trinajstić information content (AvgIpc) is 2.42. The van der Waals surface area contributed by atoms with Crippen LogP contribution >= 0.6 is 0 Å². The van der Waals surface area contributed by atoms with Crippen LogP contribution in [0.3, 0.4) is 0 Å². The average molecular weight is 226 g/mol. The number of amides is 1. The van der Waals surface area contributed by atoms with Gasteiger partial charge in [-0.15, -0.1) is 0 Å². The molecule has 0 atom stereocenters. The summed E-state index contributed by atoms with van der Waals surface area (Å²) in [6, 6.07) is 0. The van der Waals surface area contributed by atoms with E-state index in [4.69, 9.17) is 0 Å². The lowest BCUT2D eigenvalue weighted by Crippen LogP contribution is -2.34. The number of likely N-dealkylation sites (N-methyl/N-ethyl adjacent to an activating group) is 1. The summed E-state index contributed by atoms with van der Waals surface area (Å²) in [6.45, 7) is 1.47. The summed E-state index contributed by atoms with van der Waals surface area (Å²) >= 11 is 0. The first-order valence-electron chi connectivity index (χ1n) is 6.74. The van der Waals surface area contributed by atoms with E-state index in [2.05, 4.69) is 10.6 Å². The minimum atomic E-state index is 0.0862. The summed E-state index contributed by atoms with van der Waals surface area (Å²) < 4.78 is 0. The molecule has 0 aromatic heterocycles. The topological polar surface area (TPSA) is 41.1 Å². The molecule has 0 spiro atoms. The van der Waals surface area contributed by atoms with Gasteiger partial charge in [0.2, 0.25) is 5.91 Å². The van der Waals surface area contributed by atoms with E-state index in [0.29, 0.717) is 6.54 Å². The third-order valence-electron chi connectivity index (χ3n) is 3.47. The molecule has 1 amide bonds. The minimum absolute atomic E-state index is 0.0862. The van der Waals surface area contributed by atoms with Crippen LogP contribution in [0.2, 0.25) is 0 Å². The number of rotatable bonds is 4. The van der Waals surface area contributed by atoms with Crippen LogP contribution in [0.1, 0.15) is 51.4 Å². The molecule has 1 saturated carbocycles. The quantitative estimate of drug-likeness (QED) is 0.770. The molecule has 3 heteroatoms. The Morgan fingerprint density at radius 3 is 2.19 bits per heavy atom. The van der Waals surface area contributed by atoms with Gasteiger partial charge in [-0.25, -0.2) is 0 Å². The summed E-state index contributed by atoms with van der Waals surface area (Å²) in [7, 11) is 1.68. The molecule has 0 aliphatic heterocycles. The van der Waals surface area contributed by atoms with Gasteiger partial charge in [-0.2, -0.15) is 0 Å². The van der Waals surface area contributed by atoms with Crippen LogP contribution in [-0.4, -0.2) is 26.0 Å². The third-order valence-corrected chi connectivity index (χ3v) is 3.47. The van der Waals surface area contributed by atoms with Crippen LogP contribution in [0.5, 0.6) is 0 Å². The fourth-order valence-corrected chi connectivity index (χ4v) is 2.40. The number of hydrogen-bond donors (Lipinski definition) is 2. The Hall–Kier alpha value is -0.570. The molecule has 0 aromatic rings. The van der Waals surface area contributed by atoms with Crippen molar-refractivity contribution in [3.8, 4) is 0 Å². The van der Waals surface area contributed by atoms with E-state index in [0.717, 1.165) is 12.5 Å². The summed E-state index contributed by atoms with van der Waals surface area (Å²) in [5.41, 5.74) is 0. The first-order valence-corrected chi connectivity index (χ1v) is 6.74. The zero-order valence-corrected chi connectivity index (χ0v) is 10.6. The second kappa shape index (κ2) is 8.57. The number of carbonyl (C=O) groups is 1. The second-order valence-electron chi connectivity index (χ2n) is 4.87. The van der Waals surface area contributed by atoms with Gasteiger partial charge in [0.15, 0.2) is 0 Å². The molecule has 94 valence electrons. The van der Waals surface area contributed by atoms with E-state index in [-0.39, 0.29) is 5.91 Å². The van der Waals surface area contributed by atoms with Crippen LogP contribution < -0.4 is 10.6 Å². The predicted molar refractivity (Wildman–Crippen MR) is 67.4 cm³/mol. The first-order chi connectivity index (χ1) is 7.83. The first kappa shape index (κ1) is 13.5. The van der Waals surface area contributed by atoms with Gasteiger partial charge in [-0.1, -0.05) is 38.5 Å². The summed E-state index contributed by atoms with van der Waals surface area (Å²) in [5.74, 6) is 0.867. The molecule has 16 heavy (non-hydrogen) atoms.